The lowest BCUT2D eigenvalue weighted by atomic mass is 10.2. The fraction of sp³-hybridized carbons (Fsp3) is 0.889. The van der Waals surface area contributed by atoms with Gasteiger partial charge in [0.1, 0.15) is 4.33 Å². The first-order valence-electron chi connectivity index (χ1n) is 4.98. The number of halogens is 2. The Morgan fingerprint density at radius 3 is 2.79 bits per heavy atom. The van der Waals surface area contributed by atoms with E-state index in [4.69, 9.17) is 23.2 Å². The van der Waals surface area contributed by atoms with Gasteiger partial charge in [0.05, 0.1) is 6.04 Å². The molecule has 0 aromatic rings. The molecule has 0 aromatic heterocycles. The molecule has 14 heavy (non-hydrogen) atoms. The Hall–Kier alpha value is 0.01000. The van der Waals surface area contributed by atoms with Crippen LogP contribution in [0, 0.1) is 5.92 Å². The van der Waals surface area contributed by atoms with Crippen molar-refractivity contribution in [3.05, 3.63) is 0 Å². The Balaban J connectivity index is 1.68. The Morgan fingerprint density at radius 2 is 2.29 bits per heavy atom. The summed E-state index contributed by atoms with van der Waals surface area (Å²) in [6.07, 6.45) is 2.80. The van der Waals surface area contributed by atoms with Gasteiger partial charge in [-0.15, -0.1) is 23.2 Å². The molecule has 2 aliphatic rings. The van der Waals surface area contributed by atoms with Gasteiger partial charge in [-0.1, -0.05) is 0 Å². The summed E-state index contributed by atoms with van der Waals surface area (Å²) in [4.78, 5) is 11.5. The van der Waals surface area contributed by atoms with Crippen molar-refractivity contribution in [3.63, 3.8) is 0 Å². The van der Waals surface area contributed by atoms with E-state index >= 15 is 0 Å². The van der Waals surface area contributed by atoms with Gasteiger partial charge >= 0.3 is 0 Å². The third-order valence-electron chi connectivity index (χ3n) is 2.86. The van der Waals surface area contributed by atoms with Crippen molar-refractivity contribution in [3.8, 4) is 0 Å². The first kappa shape index (κ1) is 10.5. The highest BCUT2D eigenvalue weighted by molar-refractivity contribution is 6.50. The molecule has 0 radical (unpaired) electrons. The number of hydrogen-bond acceptors (Lipinski definition) is 2. The Kier molecular flexibility index (Phi) is 2.91. The zero-order valence-corrected chi connectivity index (χ0v) is 9.37. The Bertz CT molecular complexity index is 239. The molecule has 1 aliphatic heterocycles. The molecule has 1 heterocycles. The van der Waals surface area contributed by atoms with Crippen LogP contribution in [0.3, 0.4) is 0 Å². The summed E-state index contributed by atoms with van der Waals surface area (Å²) in [6.45, 7) is 1.54. The number of amides is 1. The molecule has 2 rings (SSSR count). The molecule has 3 nitrogen and oxygen atoms in total. The molecule has 1 saturated heterocycles. The second kappa shape index (κ2) is 3.87. The lowest BCUT2D eigenvalue weighted by Crippen LogP contribution is -2.41. The fourth-order valence-electron chi connectivity index (χ4n) is 1.75. The molecule has 2 N–H and O–H groups in total. The molecule has 1 saturated carbocycles. The predicted molar refractivity (Wildman–Crippen MR) is 56.6 cm³/mol. The largest absolute Gasteiger partial charge is 0.354 e. The summed E-state index contributed by atoms with van der Waals surface area (Å²) >= 11 is 11.7. The monoisotopic (exact) mass is 236 g/mol. The fourth-order valence-corrected chi connectivity index (χ4v) is 2.27. The second-order valence-electron chi connectivity index (χ2n) is 4.06. The number of carbonyl (C=O) groups excluding carboxylic acids is 1. The smallest absolute Gasteiger partial charge is 0.237 e. The van der Waals surface area contributed by atoms with E-state index in [0.29, 0.717) is 6.54 Å². The van der Waals surface area contributed by atoms with Crippen molar-refractivity contribution >= 4 is 29.1 Å². The van der Waals surface area contributed by atoms with Crippen molar-refractivity contribution in [1.82, 2.24) is 10.6 Å². The van der Waals surface area contributed by atoms with Gasteiger partial charge in [-0.05, 0) is 25.8 Å². The summed E-state index contributed by atoms with van der Waals surface area (Å²) in [5.74, 6) is 0.315. The van der Waals surface area contributed by atoms with Crippen LogP contribution in [0.15, 0.2) is 0 Å². The third-order valence-corrected chi connectivity index (χ3v) is 3.78. The zero-order valence-electron chi connectivity index (χ0n) is 7.85. The van der Waals surface area contributed by atoms with E-state index in [1.807, 2.05) is 0 Å². The van der Waals surface area contributed by atoms with Gasteiger partial charge in [0, 0.05) is 12.5 Å². The molecule has 0 bridgehead atoms. The molecule has 1 amide bonds. The molecule has 0 spiro atoms. The van der Waals surface area contributed by atoms with Crippen molar-refractivity contribution in [2.24, 2.45) is 5.92 Å². The highest BCUT2D eigenvalue weighted by atomic mass is 35.5. The van der Waals surface area contributed by atoms with E-state index < -0.39 is 4.33 Å². The Morgan fingerprint density at radius 1 is 1.57 bits per heavy atom. The summed E-state index contributed by atoms with van der Waals surface area (Å²) < 4.78 is -0.587. The van der Waals surface area contributed by atoms with Gasteiger partial charge in [-0.3, -0.25) is 4.79 Å². The zero-order chi connectivity index (χ0) is 10.2. The van der Waals surface area contributed by atoms with Crippen LogP contribution in [0.25, 0.3) is 0 Å². The molecule has 2 fully saturated rings. The molecule has 80 valence electrons. The van der Waals surface area contributed by atoms with Crippen LogP contribution in [0.2, 0.25) is 0 Å². The SMILES string of the molecule is O=C(NCC1CC1(Cl)Cl)[C@@H]1CCCN1. The van der Waals surface area contributed by atoms with E-state index in [2.05, 4.69) is 10.6 Å². The topological polar surface area (TPSA) is 41.1 Å². The van der Waals surface area contributed by atoms with Crippen molar-refractivity contribution in [1.29, 1.82) is 0 Å². The second-order valence-corrected chi connectivity index (χ2v) is 5.60. The van der Waals surface area contributed by atoms with Crippen molar-refractivity contribution in [2.45, 2.75) is 29.6 Å². The average molecular weight is 237 g/mol. The normalized spacial score (nSPS) is 34.1. The number of carbonyl (C=O) groups is 1. The molecule has 5 heteroatoms. The minimum Gasteiger partial charge on any atom is -0.354 e. The molecule has 2 atom stereocenters. The minimum atomic E-state index is -0.587. The summed E-state index contributed by atoms with van der Waals surface area (Å²) in [7, 11) is 0. The first-order valence-corrected chi connectivity index (χ1v) is 5.74. The van der Waals surface area contributed by atoms with Gasteiger partial charge < -0.3 is 10.6 Å². The summed E-state index contributed by atoms with van der Waals surface area (Å²) in [5.41, 5.74) is 0. The minimum absolute atomic E-state index is 0.00574. The Labute approximate surface area is 93.5 Å². The van der Waals surface area contributed by atoms with Gasteiger partial charge in [0.25, 0.3) is 0 Å². The van der Waals surface area contributed by atoms with Gasteiger partial charge in [0.2, 0.25) is 5.91 Å². The highest BCUT2D eigenvalue weighted by Gasteiger charge is 2.51. The highest BCUT2D eigenvalue weighted by Crippen LogP contribution is 2.52. The number of nitrogens with one attached hydrogen (secondary N) is 2. The summed E-state index contributed by atoms with van der Waals surface area (Å²) in [6, 6.07) is -0.00574. The van der Waals surface area contributed by atoms with Crippen LogP contribution < -0.4 is 10.6 Å². The van der Waals surface area contributed by atoms with Crippen molar-refractivity contribution < 1.29 is 4.79 Å². The van der Waals surface area contributed by atoms with Gasteiger partial charge in [-0.2, -0.15) is 0 Å². The number of rotatable bonds is 3. The van der Waals surface area contributed by atoms with Crippen molar-refractivity contribution in [2.75, 3.05) is 13.1 Å². The average Bonchev–Trinajstić information content (AvgIpc) is 2.58. The van der Waals surface area contributed by atoms with Crippen LogP contribution in [0.5, 0.6) is 0 Å². The lowest BCUT2D eigenvalue weighted by molar-refractivity contribution is -0.122. The van der Waals surface area contributed by atoms with Crippen LogP contribution >= 0.6 is 23.2 Å². The number of alkyl halides is 2. The first-order chi connectivity index (χ1) is 6.59. The maximum atomic E-state index is 11.5. The van der Waals surface area contributed by atoms with Crippen LogP contribution in [-0.2, 0) is 4.79 Å². The van der Waals surface area contributed by atoms with Crippen LogP contribution in [0.4, 0.5) is 0 Å². The number of hydrogen-bond donors (Lipinski definition) is 2. The van der Waals surface area contributed by atoms with E-state index in [1.54, 1.807) is 0 Å². The summed E-state index contributed by atoms with van der Waals surface area (Å²) in [5, 5.41) is 6.02. The van der Waals surface area contributed by atoms with Gasteiger partial charge in [0.15, 0.2) is 0 Å². The van der Waals surface area contributed by atoms with E-state index in [-0.39, 0.29) is 17.9 Å². The maximum Gasteiger partial charge on any atom is 0.237 e. The molecule has 0 aromatic carbocycles. The lowest BCUT2D eigenvalue weighted by Gasteiger charge is -2.10. The van der Waals surface area contributed by atoms with Gasteiger partial charge in [-0.25, -0.2) is 0 Å². The maximum absolute atomic E-state index is 11.5. The molecular weight excluding hydrogens is 223 g/mol. The molecule has 1 unspecified atom stereocenters. The predicted octanol–water partition coefficient (Wildman–Crippen LogP) is 1.05. The van der Waals surface area contributed by atoms with E-state index in [9.17, 15) is 4.79 Å². The van der Waals surface area contributed by atoms with Crippen LogP contribution in [0.1, 0.15) is 19.3 Å². The molecule has 1 aliphatic carbocycles. The quantitative estimate of drug-likeness (QED) is 0.720. The van der Waals surface area contributed by atoms with Crippen LogP contribution in [-0.4, -0.2) is 29.4 Å². The standard InChI is InChI=1S/C9H14Cl2N2O/c10-9(11)4-6(9)5-13-8(14)7-2-1-3-12-7/h6-7,12H,1-5H2,(H,13,14)/t6?,7-/m0/s1. The third kappa shape index (κ3) is 2.33. The molecular formula is C9H14Cl2N2O. The van der Waals surface area contributed by atoms with E-state index in [1.165, 1.54) is 0 Å². The van der Waals surface area contributed by atoms with E-state index in [0.717, 1.165) is 25.8 Å².